The Kier molecular flexibility index (Phi) is 6.36. The maximum absolute atomic E-state index is 11.6. The average molecular weight is 385 g/mol. The first-order valence-corrected chi connectivity index (χ1v) is 9.68. The van der Waals surface area contributed by atoms with Crippen LogP contribution in [0.3, 0.4) is 0 Å². The van der Waals surface area contributed by atoms with Crippen molar-refractivity contribution in [1.82, 2.24) is 10.3 Å². The molecule has 1 amide bonds. The summed E-state index contributed by atoms with van der Waals surface area (Å²) in [5.41, 5.74) is 3.01. The lowest BCUT2D eigenvalue weighted by Crippen LogP contribution is -2.32. The molecule has 0 radical (unpaired) electrons. The molecule has 2 aromatic rings. The summed E-state index contributed by atoms with van der Waals surface area (Å²) >= 11 is 1.52. The van der Waals surface area contributed by atoms with Crippen molar-refractivity contribution in [2.24, 2.45) is 5.92 Å². The standard InChI is InChI=1S/C20H23N3O3S/c1-13(24)23-20-22-12-18(27-20)10-17-11-21-8-7-16(17)9-14-3-5-15(6-4-14)19(25)26-2/h3-6,9,12,17,21H,7-8,10-11H2,1-2H3,(H,22,23,24). The Labute approximate surface area is 162 Å². The maximum Gasteiger partial charge on any atom is 0.337 e. The normalized spacial score (nSPS) is 18.3. The Morgan fingerprint density at radius 3 is 2.85 bits per heavy atom. The summed E-state index contributed by atoms with van der Waals surface area (Å²) in [7, 11) is 1.38. The zero-order valence-corrected chi connectivity index (χ0v) is 16.3. The van der Waals surface area contributed by atoms with Crippen LogP contribution in [0.25, 0.3) is 6.08 Å². The van der Waals surface area contributed by atoms with Crippen molar-refractivity contribution in [3.8, 4) is 0 Å². The lowest BCUT2D eigenvalue weighted by molar-refractivity contribution is -0.114. The molecule has 1 aromatic carbocycles. The lowest BCUT2D eigenvalue weighted by Gasteiger charge is -2.26. The Morgan fingerprint density at radius 1 is 1.37 bits per heavy atom. The quantitative estimate of drug-likeness (QED) is 0.773. The Balaban J connectivity index is 1.72. The van der Waals surface area contributed by atoms with Crippen molar-refractivity contribution in [3.05, 3.63) is 52.0 Å². The van der Waals surface area contributed by atoms with Gasteiger partial charge >= 0.3 is 5.97 Å². The average Bonchev–Trinajstić information content (AvgIpc) is 3.09. The number of nitrogens with zero attached hydrogens (tertiary/aromatic N) is 1. The zero-order valence-electron chi connectivity index (χ0n) is 15.5. The van der Waals surface area contributed by atoms with Crippen LogP contribution in [0.15, 0.2) is 36.0 Å². The fraction of sp³-hybridized carbons (Fsp3) is 0.350. The number of methoxy groups -OCH3 is 1. The van der Waals surface area contributed by atoms with Gasteiger partial charge < -0.3 is 15.4 Å². The van der Waals surface area contributed by atoms with Crippen LogP contribution in [0.2, 0.25) is 0 Å². The number of hydrogen-bond donors (Lipinski definition) is 2. The van der Waals surface area contributed by atoms with Gasteiger partial charge in [-0.05, 0) is 43.0 Å². The van der Waals surface area contributed by atoms with Crippen molar-refractivity contribution in [2.75, 3.05) is 25.5 Å². The van der Waals surface area contributed by atoms with Crippen molar-refractivity contribution in [3.63, 3.8) is 0 Å². The number of ether oxygens (including phenoxy) is 1. The highest BCUT2D eigenvalue weighted by atomic mass is 32.1. The number of benzene rings is 1. The van der Waals surface area contributed by atoms with Gasteiger partial charge in [0.2, 0.25) is 5.91 Å². The number of esters is 1. The van der Waals surface area contributed by atoms with Gasteiger partial charge in [-0.2, -0.15) is 0 Å². The molecule has 1 aliphatic rings. The molecule has 1 aliphatic heterocycles. The van der Waals surface area contributed by atoms with Gasteiger partial charge in [0.15, 0.2) is 5.13 Å². The molecule has 6 nitrogen and oxygen atoms in total. The lowest BCUT2D eigenvalue weighted by atomic mass is 9.88. The van der Waals surface area contributed by atoms with Gasteiger partial charge in [-0.1, -0.05) is 23.8 Å². The van der Waals surface area contributed by atoms with Crippen LogP contribution in [0.4, 0.5) is 5.13 Å². The highest BCUT2D eigenvalue weighted by Gasteiger charge is 2.20. The molecule has 1 unspecified atom stereocenters. The summed E-state index contributed by atoms with van der Waals surface area (Å²) in [6.45, 7) is 3.36. The number of nitrogens with one attached hydrogen (secondary N) is 2. The van der Waals surface area contributed by atoms with Gasteiger partial charge in [0.05, 0.1) is 12.7 Å². The van der Waals surface area contributed by atoms with E-state index in [1.807, 2.05) is 18.3 Å². The van der Waals surface area contributed by atoms with E-state index in [4.69, 9.17) is 4.74 Å². The molecule has 1 saturated heterocycles. The SMILES string of the molecule is COC(=O)c1ccc(C=C2CCNCC2Cc2cnc(NC(C)=O)s2)cc1. The maximum atomic E-state index is 11.6. The second-order valence-electron chi connectivity index (χ2n) is 6.50. The van der Waals surface area contributed by atoms with Gasteiger partial charge in [0.25, 0.3) is 0 Å². The minimum absolute atomic E-state index is 0.105. The third-order valence-electron chi connectivity index (χ3n) is 4.47. The number of carbonyl (C=O) groups is 2. The predicted octanol–water partition coefficient (Wildman–Crippen LogP) is 3.12. The number of rotatable bonds is 5. The topological polar surface area (TPSA) is 80.3 Å². The molecule has 1 atom stereocenters. The van der Waals surface area contributed by atoms with Crippen LogP contribution in [0.1, 0.15) is 34.1 Å². The van der Waals surface area contributed by atoms with Crippen LogP contribution in [0.5, 0.6) is 0 Å². The van der Waals surface area contributed by atoms with Crippen molar-refractivity contribution in [2.45, 2.75) is 19.8 Å². The summed E-state index contributed by atoms with van der Waals surface area (Å²) in [6.07, 6.45) is 5.92. The molecular weight excluding hydrogens is 362 g/mol. The Hall–Kier alpha value is -2.51. The summed E-state index contributed by atoms with van der Waals surface area (Å²) in [5.74, 6) is -0.0509. The van der Waals surface area contributed by atoms with Gasteiger partial charge in [-0.3, -0.25) is 4.79 Å². The van der Waals surface area contributed by atoms with Crippen molar-refractivity contribution in [1.29, 1.82) is 0 Å². The molecule has 0 aliphatic carbocycles. The molecule has 27 heavy (non-hydrogen) atoms. The third-order valence-corrected chi connectivity index (χ3v) is 5.41. The summed E-state index contributed by atoms with van der Waals surface area (Å²) < 4.78 is 4.74. The number of hydrogen-bond acceptors (Lipinski definition) is 6. The van der Waals surface area contributed by atoms with E-state index in [0.717, 1.165) is 36.4 Å². The highest BCUT2D eigenvalue weighted by molar-refractivity contribution is 7.15. The number of anilines is 1. The van der Waals surface area contributed by atoms with E-state index in [9.17, 15) is 9.59 Å². The minimum Gasteiger partial charge on any atom is -0.465 e. The number of thiazole rings is 1. The Morgan fingerprint density at radius 2 is 2.15 bits per heavy atom. The van der Waals surface area contributed by atoms with E-state index in [0.29, 0.717) is 16.6 Å². The van der Waals surface area contributed by atoms with Gasteiger partial charge in [0.1, 0.15) is 0 Å². The fourth-order valence-corrected chi connectivity index (χ4v) is 4.08. The Bertz CT molecular complexity index is 842. The molecule has 2 heterocycles. The van der Waals surface area contributed by atoms with Crippen LogP contribution < -0.4 is 10.6 Å². The van der Waals surface area contributed by atoms with E-state index < -0.39 is 0 Å². The number of piperidine rings is 1. The number of carbonyl (C=O) groups excluding carboxylic acids is 2. The van der Waals surface area contributed by atoms with E-state index in [1.165, 1.54) is 30.9 Å². The molecule has 7 heteroatoms. The van der Waals surface area contributed by atoms with Crippen LogP contribution in [0, 0.1) is 5.92 Å². The molecule has 2 N–H and O–H groups in total. The first-order chi connectivity index (χ1) is 13.0. The molecule has 0 bridgehead atoms. The van der Waals surface area contributed by atoms with Crippen LogP contribution in [-0.2, 0) is 16.0 Å². The second-order valence-corrected chi connectivity index (χ2v) is 7.62. The molecule has 1 aromatic heterocycles. The molecular formula is C20H23N3O3S. The van der Waals surface area contributed by atoms with E-state index >= 15 is 0 Å². The smallest absolute Gasteiger partial charge is 0.337 e. The van der Waals surface area contributed by atoms with Crippen LogP contribution >= 0.6 is 11.3 Å². The van der Waals surface area contributed by atoms with Gasteiger partial charge in [-0.15, -0.1) is 11.3 Å². The van der Waals surface area contributed by atoms with E-state index in [-0.39, 0.29) is 11.9 Å². The van der Waals surface area contributed by atoms with E-state index in [1.54, 1.807) is 12.1 Å². The summed E-state index contributed by atoms with van der Waals surface area (Å²) in [6, 6.07) is 7.47. The molecule has 3 rings (SSSR count). The number of amides is 1. The van der Waals surface area contributed by atoms with Crippen molar-refractivity contribution < 1.29 is 14.3 Å². The van der Waals surface area contributed by atoms with Gasteiger partial charge in [0, 0.05) is 24.5 Å². The summed E-state index contributed by atoms with van der Waals surface area (Å²) in [5, 5.41) is 6.83. The molecule has 142 valence electrons. The largest absolute Gasteiger partial charge is 0.465 e. The van der Waals surface area contributed by atoms with E-state index in [2.05, 4.69) is 21.7 Å². The zero-order chi connectivity index (χ0) is 19.2. The molecule has 0 saturated carbocycles. The molecule has 1 fully saturated rings. The summed E-state index contributed by atoms with van der Waals surface area (Å²) in [4.78, 5) is 28.1. The van der Waals surface area contributed by atoms with Crippen LogP contribution in [-0.4, -0.2) is 37.1 Å². The first-order valence-electron chi connectivity index (χ1n) is 8.87. The predicted molar refractivity (Wildman–Crippen MR) is 107 cm³/mol. The number of aromatic nitrogens is 1. The second kappa shape index (κ2) is 8.92. The highest BCUT2D eigenvalue weighted by Crippen LogP contribution is 2.28. The third kappa shape index (κ3) is 5.24. The molecule has 0 spiro atoms. The van der Waals surface area contributed by atoms with Gasteiger partial charge in [-0.25, -0.2) is 9.78 Å². The van der Waals surface area contributed by atoms with Crippen molar-refractivity contribution >= 4 is 34.4 Å². The first kappa shape index (κ1) is 19.3. The minimum atomic E-state index is -0.325. The fourth-order valence-electron chi connectivity index (χ4n) is 3.14. The monoisotopic (exact) mass is 385 g/mol.